The summed E-state index contributed by atoms with van der Waals surface area (Å²) in [5.74, 6) is -3.46. The van der Waals surface area contributed by atoms with Gasteiger partial charge in [-0.15, -0.1) is 0 Å². The Kier molecular flexibility index (Phi) is 15.5. The van der Waals surface area contributed by atoms with Gasteiger partial charge >= 0.3 is 34.3 Å². The van der Waals surface area contributed by atoms with Crippen molar-refractivity contribution in [3.8, 4) is 0 Å². The molecule has 5 N–H and O–H groups in total. The predicted molar refractivity (Wildman–Crippen MR) is 112 cm³/mol. The number of ether oxygens (including phenoxy) is 2. The Morgan fingerprint density at radius 1 is 0.781 bits per heavy atom. The summed E-state index contributed by atoms with van der Waals surface area (Å²) in [6.07, 6.45) is 0. The Balaban J connectivity index is 0. The number of thiophene rings is 2. The first-order chi connectivity index (χ1) is 14.7. The van der Waals surface area contributed by atoms with Crippen LogP contribution in [0.4, 0.5) is 0 Å². The molecule has 0 saturated carbocycles. The summed E-state index contributed by atoms with van der Waals surface area (Å²) < 4.78 is 40.6. The van der Waals surface area contributed by atoms with Gasteiger partial charge in [0.2, 0.25) is 0 Å². The Morgan fingerprint density at radius 3 is 1.19 bits per heavy atom. The largest absolute Gasteiger partial charge is 0.478 e. The minimum absolute atomic E-state index is 0.150. The van der Waals surface area contributed by atoms with E-state index in [4.69, 9.17) is 32.8 Å². The minimum atomic E-state index is -4.67. The zero-order chi connectivity index (χ0) is 25.5. The molecule has 0 spiro atoms. The predicted octanol–water partition coefficient (Wildman–Crippen LogP) is 1.81. The van der Waals surface area contributed by atoms with Gasteiger partial charge in [-0.2, -0.15) is 31.1 Å². The molecule has 0 fully saturated rings. The van der Waals surface area contributed by atoms with Crippen molar-refractivity contribution in [1.82, 2.24) is 0 Å². The van der Waals surface area contributed by atoms with Crippen LogP contribution in [0.3, 0.4) is 0 Å². The number of aliphatic hydroxyl groups excluding tert-OH is 1. The van der Waals surface area contributed by atoms with Crippen molar-refractivity contribution in [2.75, 3.05) is 20.8 Å². The molecule has 32 heavy (non-hydrogen) atoms. The number of aromatic carboxylic acids is 2. The fourth-order valence-corrected chi connectivity index (χ4v) is 3.04. The summed E-state index contributed by atoms with van der Waals surface area (Å²) >= 11 is 2.31. The van der Waals surface area contributed by atoms with E-state index < -0.39 is 34.3 Å². The first-order valence-corrected chi connectivity index (χ1v) is 11.1. The Bertz CT molecular complexity index is 921. The molecule has 180 valence electrons. The lowest BCUT2D eigenvalue weighted by molar-refractivity contribution is 0.0556. The molecule has 2 aromatic rings. The van der Waals surface area contributed by atoms with Crippen LogP contribution in [0.1, 0.15) is 48.4 Å². The normalized spacial score (nSPS) is 9.44. The Labute approximate surface area is 190 Å². The van der Waals surface area contributed by atoms with Gasteiger partial charge in [0.05, 0.1) is 36.5 Å². The van der Waals surface area contributed by atoms with Gasteiger partial charge in [0.15, 0.2) is 0 Å². The third-order valence-electron chi connectivity index (χ3n) is 2.60. The lowest BCUT2D eigenvalue weighted by Gasteiger charge is -1.99. The molecule has 0 aliphatic carbocycles. The molecule has 2 rings (SSSR count). The van der Waals surface area contributed by atoms with E-state index in [1.165, 1.54) is 36.3 Å². The maximum Gasteiger partial charge on any atom is 0.394 e. The average Bonchev–Trinajstić information content (AvgIpc) is 3.36. The van der Waals surface area contributed by atoms with E-state index in [-0.39, 0.29) is 28.9 Å². The molecular weight excluding hydrogens is 496 g/mol. The van der Waals surface area contributed by atoms with E-state index in [0.29, 0.717) is 0 Å². The van der Waals surface area contributed by atoms with E-state index in [1.807, 2.05) is 0 Å². The van der Waals surface area contributed by atoms with Crippen LogP contribution in [-0.4, -0.2) is 77.5 Å². The zero-order valence-electron chi connectivity index (χ0n) is 16.7. The number of methoxy groups -OCH3 is 2. The molecule has 0 bridgehead atoms. The first-order valence-electron chi connectivity index (χ1n) is 7.81. The summed E-state index contributed by atoms with van der Waals surface area (Å²) in [5.41, 5.74) is 0.198. The lowest BCUT2D eigenvalue weighted by atomic mass is 10.2. The Hall–Kier alpha value is -2.89. The zero-order valence-corrected chi connectivity index (χ0v) is 19.2. The highest BCUT2D eigenvalue weighted by Gasteiger charge is 2.18. The molecule has 0 unspecified atom stereocenters. The molecule has 2 heterocycles. The maximum atomic E-state index is 11.1. The number of hydrogen-bond acceptors (Lipinski definition) is 11. The van der Waals surface area contributed by atoms with E-state index in [9.17, 15) is 19.2 Å². The molecule has 13 nitrogen and oxygen atoms in total. The van der Waals surface area contributed by atoms with Gasteiger partial charge in [0.25, 0.3) is 0 Å². The second-order valence-electron chi connectivity index (χ2n) is 4.76. The number of esters is 2. The molecule has 0 radical (unpaired) electrons. The smallest absolute Gasteiger partial charge is 0.394 e. The summed E-state index contributed by atoms with van der Waals surface area (Å²) in [5, 5.41) is 30.2. The summed E-state index contributed by atoms with van der Waals surface area (Å²) in [6.45, 7) is 1.93. The molecule has 0 aliphatic rings. The molecule has 0 aromatic carbocycles. The maximum absolute atomic E-state index is 11.1. The molecule has 0 saturated heterocycles. The molecule has 0 aliphatic heterocycles. The number of rotatable bonds is 4. The van der Waals surface area contributed by atoms with Gasteiger partial charge in [0.1, 0.15) is 0 Å². The van der Waals surface area contributed by atoms with Crippen molar-refractivity contribution in [3.05, 3.63) is 43.8 Å². The monoisotopic (exact) mass is 516 g/mol. The fraction of sp³-hybridized carbons (Fsp3) is 0.250. The van der Waals surface area contributed by atoms with Crippen LogP contribution in [0.25, 0.3) is 0 Å². The van der Waals surface area contributed by atoms with Crippen molar-refractivity contribution in [2.45, 2.75) is 6.92 Å². The quantitative estimate of drug-likeness (QED) is 0.289. The number of aliphatic hydroxyl groups is 1. The fourth-order valence-electron chi connectivity index (χ4n) is 1.46. The van der Waals surface area contributed by atoms with Gasteiger partial charge in [-0.3, -0.25) is 9.11 Å². The average molecular weight is 517 g/mol. The first kappa shape index (κ1) is 31.3. The van der Waals surface area contributed by atoms with Crippen LogP contribution in [-0.2, 0) is 19.9 Å². The third-order valence-corrected chi connectivity index (χ3v) is 4.08. The van der Waals surface area contributed by atoms with E-state index in [1.54, 1.807) is 17.7 Å². The van der Waals surface area contributed by atoms with Gasteiger partial charge in [0, 0.05) is 28.1 Å². The summed E-state index contributed by atoms with van der Waals surface area (Å²) in [4.78, 5) is 42.8. The van der Waals surface area contributed by atoms with Crippen molar-refractivity contribution < 1.29 is 61.5 Å². The van der Waals surface area contributed by atoms with Crippen LogP contribution < -0.4 is 0 Å². The highest BCUT2D eigenvalue weighted by Crippen LogP contribution is 2.17. The van der Waals surface area contributed by atoms with E-state index >= 15 is 0 Å². The number of carbonyl (C=O) groups excluding carboxylic acids is 2. The SMILES string of the molecule is CCO.COC(=O)c1cscc1C(=O)OC.O=C(O)c1cscc1C(=O)O.O=S(=O)(O)O. The van der Waals surface area contributed by atoms with Crippen LogP contribution >= 0.6 is 22.7 Å². The van der Waals surface area contributed by atoms with Crippen LogP contribution in [0, 0.1) is 0 Å². The van der Waals surface area contributed by atoms with E-state index in [2.05, 4.69) is 9.47 Å². The highest BCUT2D eigenvalue weighted by molar-refractivity contribution is 7.79. The standard InChI is InChI=1S/C8H8O4S.C6H4O4S.C2H6O.H2O4S/c1-11-7(9)5-3-13-4-6(5)8(10)12-2;7-5(8)3-1-11-2-4(3)6(9)10;1-2-3;1-5(2,3)4/h3-4H,1-2H3;1-2H,(H,7,8)(H,9,10);3H,2H2,1H3;(H2,1,2,3,4). The lowest BCUT2D eigenvalue weighted by Crippen LogP contribution is -2.08. The Morgan fingerprint density at radius 2 is 1.00 bits per heavy atom. The number of carboxylic acids is 2. The molecule has 16 heteroatoms. The highest BCUT2D eigenvalue weighted by atomic mass is 32.3. The van der Waals surface area contributed by atoms with Crippen molar-refractivity contribution in [3.63, 3.8) is 0 Å². The van der Waals surface area contributed by atoms with Gasteiger partial charge in [-0.1, -0.05) is 0 Å². The number of carbonyl (C=O) groups is 4. The van der Waals surface area contributed by atoms with Crippen LogP contribution in [0.15, 0.2) is 21.5 Å². The molecule has 0 amide bonds. The minimum Gasteiger partial charge on any atom is -0.478 e. The van der Waals surface area contributed by atoms with Gasteiger partial charge in [-0.05, 0) is 6.92 Å². The summed E-state index contributed by atoms with van der Waals surface area (Å²) in [7, 11) is -2.14. The second kappa shape index (κ2) is 15.8. The van der Waals surface area contributed by atoms with Crippen molar-refractivity contribution >= 4 is 56.9 Å². The van der Waals surface area contributed by atoms with E-state index in [0.717, 1.165) is 11.3 Å². The molecule has 2 aromatic heterocycles. The number of hydrogen-bond donors (Lipinski definition) is 5. The van der Waals surface area contributed by atoms with Crippen LogP contribution in [0.2, 0.25) is 0 Å². The van der Waals surface area contributed by atoms with Crippen LogP contribution in [0.5, 0.6) is 0 Å². The third kappa shape index (κ3) is 13.4. The molecular formula is C16H20O13S3. The number of carboxylic acid groups (broad SMARTS) is 2. The second-order valence-corrected chi connectivity index (χ2v) is 7.14. The van der Waals surface area contributed by atoms with Gasteiger partial charge < -0.3 is 24.8 Å². The summed E-state index contributed by atoms with van der Waals surface area (Å²) in [6, 6.07) is 0. The molecule has 0 atom stereocenters. The van der Waals surface area contributed by atoms with Gasteiger partial charge in [-0.25, -0.2) is 19.2 Å². The topological polar surface area (TPSA) is 222 Å². The van der Waals surface area contributed by atoms with Crippen molar-refractivity contribution in [1.29, 1.82) is 0 Å². The van der Waals surface area contributed by atoms with Crippen molar-refractivity contribution in [2.24, 2.45) is 0 Å².